The number of phenols is 1. The van der Waals surface area contributed by atoms with Crippen LogP contribution in [0.25, 0.3) is 0 Å². The molecular formula is C14H19FN2O2. The smallest absolute Gasteiger partial charge is 0.260 e. The molecule has 1 aliphatic carbocycles. The molecule has 2 unspecified atom stereocenters. The molecule has 104 valence electrons. The van der Waals surface area contributed by atoms with E-state index in [4.69, 9.17) is 5.73 Å². The van der Waals surface area contributed by atoms with Gasteiger partial charge in [0.1, 0.15) is 17.1 Å². The van der Waals surface area contributed by atoms with Gasteiger partial charge in [0, 0.05) is 19.1 Å². The molecule has 0 aliphatic heterocycles. The van der Waals surface area contributed by atoms with Gasteiger partial charge in [0.2, 0.25) is 0 Å². The molecule has 0 saturated heterocycles. The molecule has 5 heteroatoms. The van der Waals surface area contributed by atoms with Crippen LogP contribution in [0.3, 0.4) is 0 Å². The summed E-state index contributed by atoms with van der Waals surface area (Å²) in [5.74, 6) is -1.56. The highest BCUT2D eigenvalue weighted by atomic mass is 19.1. The maximum Gasteiger partial charge on any atom is 0.260 e. The van der Waals surface area contributed by atoms with Crippen molar-refractivity contribution in [3.8, 4) is 5.75 Å². The molecule has 1 amide bonds. The number of hydrogen-bond acceptors (Lipinski definition) is 3. The highest BCUT2D eigenvalue weighted by Gasteiger charge is 2.31. The first-order valence-electron chi connectivity index (χ1n) is 6.52. The van der Waals surface area contributed by atoms with Crippen LogP contribution in [0, 0.1) is 5.82 Å². The predicted molar refractivity (Wildman–Crippen MR) is 70.4 cm³/mol. The number of aromatic hydroxyl groups is 1. The minimum atomic E-state index is -0.707. The predicted octanol–water partition coefficient (Wildman–Crippen LogP) is 1.87. The number of likely N-dealkylation sites (N-methyl/N-ethyl adjacent to an activating group) is 1. The Morgan fingerprint density at radius 1 is 1.42 bits per heavy atom. The number of nitrogens with zero attached hydrogens (tertiary/aromatic N) is 1. The molecule has 1 aliphatic rings. The van der Waals surface area contributed by atoms with Gasteiger partial charge in [-0.25, -0.2) is 4.39 Å². The zero-order valence-corrected chi connectivity index (χ0v) is 11.0. The van der Waals surface area contributed by atoms with E-state index < -0.39 is 11.7 Å². The van der Waals surface area contributed by atoms with Crippen molar-refractivity contribution in [2.75, 3.05) is 7.05 Å². The fraction of sp³-hybridized carbons (Fsp3) is 0.500. The summed E-state index contributed by atoms with van der Waals surface area (Å²) in [5, 5.41) is 9.66. The van der Waals surface area contributed by atoms with Crippen LogP contribution in [0.1, 0.15) is 36.0 Å². The average molecular weight is 266 g/mol. The van der Waals surface area contributed by atoms with Crippen molar-refractivity contribution in [1.82, 2.24) is 4.90 Å². The van der Waals surface area contributed by atoms with Crippen LogP contribution >= 0.6 is 0 Å². The summed E-state index contributed by atoms with van der Waals surface area (Å²) in [6.45, 7) is 0. The number of nitrogens with two attached hydrogens (primary N) is 1. The van der Waals surface area contributed by atoms with Crippen LogP contribution in [0.4, 0.5) is 4.39 Å². The van der Waals surface area contributed by atoms with Crippen molar-refractivity contribution < 1.29 is 14.3 Å². The summed E-state index contributed by atoms with van der Waals surface area (Å²) in [5.41, 5.74) is 5.75. The Labute approximate surface area is 112 Å². The topological polar surface area (TPSA) is 66.6 Å². The van der Waals surface area contributed by atoms with Gasteiger partial charge in [0.05, 0.1) is 0 Å². The first-order chi connectivity index (χ1) is 9.02. The van der Waals surface area contributed by atoms with Crippen molar-refractivity contribution in [3.05, 3.63) is 29.6 Å². The van der Waals surface area contributed by atoms with E-state index in [-0.39, 0.29) is 23.4 Å². The van der Waals surface area contributed by atoms with Crippen molar-refractivity contribution in [2.45, 2.75) is 37.8 Å². The molecular weight excluding hydrogens is 247 g/mol. The first kappa shape index (κ1) is 13.8. The Morgan fingerprint density at radius 2 is 2.11 bits per heavy atom. The van der Waals surface area contributed by atoms with E-state index in [0.29, 0.717) is 0 Å². The quantitative estimate of drug-likeness (QED) is 0.858. The largest absolute Gasteiger partial charge is 0.507 e. The van der Waals surface area contributed by atoms with Crippen molar-refractivity contribution >= 4 is 5.91 Å². The molecule has 0 aromatic heterocycles. The van der Waals surface area contributed by atoms with Crippen molar-refractivity contribution in [1.29, 1.82) is 0 Å². The highest BCUT2D eigenvalue weighted by Crippen LogP contribution is 2.26. The summed E-state index contributed by atoms with van der Waals surface area (Å²) in [4.78, 5) is 13.8. The molecule has 0 heterocycles. The van der Waals surface area contributed by atoms with Crippen LogP contribution < -0.4 is 5.73 Å². The molecule has 0 spiro atoms. The highest BCUT2D eigenvalue weighted by molar-refractivity contribution is 5.97. The van der Waals surface area contributed by atoms with E-state index in [9.17, 15) is 14.3 Å². The van der Waals surface area contributed by atoms with E-state index in [1.165, 1.54) is 23.1 Å². The van der Waals surface area contributed by atoms with Crippen LogP contribution in [0.15, 0.2) is 18.2 Å². The summed E-state index contributed by atoms with van der Waals surface area (Å²) in [7, 11) is 1.62. The number of benzene rings is 1. The van der Waals surface area contributed by atoms with Crippen LogP contribution in [0.5, 0.6) is 5.75 Å². The summed E-state index contributed by atoms with van der Waals surface area (Å²) in [6, 6.07) is 3.66. The summed E-state index contributed by atoms with van der Waals surface area (Å²) < 4.78 is 13.7. The van der Waals surface area contributed by atoms with Crippen molar-refractivity contribution in [3.63, 3.8) is 0 Å². The van der Waals surface area contributed by atoms with Crippen molar-refractivity contribution in [2.24, 2.45) is 5.73 Å². The molecule has 1 fully saturated rings. The summed E-state index contributed by atoms with van der Waals surface area (Å²) >= 11 is 0. The standard InChI is InChI=1S/C14H19FN2O2/c1-17(11-7-3-2-6-10(11)16)14(19)13-9(15)5-4-8-12(13)18/h4-5,8,10-11,18H,2-3,6-7,16H2,1H3. The van der Waals surface area contributed by atoms with Gasteiger partial charge < -0.3 is 15.7 Å². The lowest BCUT2D eigenvalue weighted by molar-refractivity contribution is 0.0664. The molecule has 2 atom stereocenters. The van der Waals surface area contributed by atoms with Gasteiger partial charge in [-0.3, -0.25) is 4.79 Å². The second-order valence-electron chi connectivity index (χ2n) is 5.07. The van der Waals surface area contributed by atoms with Gasteiger partial charge in [0.25, 0.3) is 5.91 Å². The number of halogens is 1. The fourth-order valence-electron chi connectivity index (χ4n) is 2.67. The van der Waals surface area contributed by atoms with Crippen LogP contribution in [-0.4, -0.2) is 35.0 Å². The van der Waals surface area contributed by atoms with Gasteiger partial charge in [-0.2, -0.15) is 0 Å². The molecule has 1 aromatic carbocycles. The van der Waals surface area contributed by atoms with Gasteiger partial charge in [0.15, 0.2) is 0 Å². The Balaban J connectivity index is 2.23. The zero-order chi connectivity index (χ0) is 14.0. The molecule has 2 rings (SSSR count). The van der Waals surface area contributed by atoms with Gasteiger partial charge in [-0.05, 0) is 25.0 Å². The van der Waals surface area contributed by atoms with E-state index in [1.807, 2.05) is 0 Å². The fourth-order valence-corrected chi connectivity index (χ4v) is 2.67. The van der Waals surface area contributed by atoms with Gasteiger partial charge in [-0.15, -0.1) is 0 Å². The first-order valence-corrected chi connectivity index (χ1v) is 6.52. The molecule has 3 N–H and O–H groups in total. The number of hydrogen-bond donors (Lipinski definition) is 2. The second-order valence-corrected chi connectivity index (χ2v) is 5.07. The van der Waals surface area contributed by atoms with E-state index in [0.717, 1.165) is 25.7 Å². The number of carbonyl (C=O) groups excluding carboxylic acids is 1. The second kappa shape index (κ2) is 5.57. The average Bonchev–Trinajstić information content (AvgIpc) is 2.38. The zero-order valence-electron chi connectivity index (χ0n) is 11.0. The molecule has 19 heavy (non-hydrogen) atoms. The minimum absolute atomic E-state index is 0.0865. The third-order valence-corrected chi connectivity index (χ3v) is 3.80. The Bertz CT molecular complexity index is 458. The normalized spacial score (nSPS) is 23.1. The maximum atomic E-state index is 13.7. The molecule has 0 radical (unpaired) electrons. The Morgan fingerprint density at radius 3 is 2.74 bits per heavy atom. The van der Waals surface area contributed by atoms with Gasteiger partial charge in [-0.1, -0.05) is 18.9 Å². The number of phenolic OH excluding ortho intramolecular Hbond substituents is 1. The van der Waals surface area contributed by atoms with E-state index in [1.54, 1.807) is 7.05 Å². The lowest BCUT2D eigenvalue weighted by Crippen LogP contribution is -2.50. The third kappa shape index (κ3) is 2.71. The molecule has 0 bridgehead atoms. The van der Waals surface area contributed by atoms with Crippen LogP contribution in [-0.2, 0) is 0 Å². The Hall–Kier alpha value is -1.62. The summed E-state index contributed by atoms with van der Waals surface area (Å²) in [6.07, 6.45) is 3.76. The lowest BCUT2D eigenvalue weighted by atomic mass is 9.89. The SMILES string of the molecule is CN(C(=O)c1c(O)cccc1F)C1CCCCC1N. The minimum Gasteiger partial charge on any atom is -0.507 e. The Kier molecular flexibility index (Phi) is 4.04. The molecule has 1 aromatic rings. The maximum absolute atomic E-state index is 13.7. The van der Waals surface area contributed by atoms with E-state index in [2.05, 4.69) is 0 Å². The lowest BCUT2D eigenvalue weighted by Gasteiger charge is -2.36. The van der Waals surface area contributed by atoms with Crippen LogP contribution in [0.2, 0.25) is 0 Å². The van der Waals surface area contributed by atoms with Gasteiger partial charge >= 0.3 is 0 Å². The third-order valence-electron chi connectivity index (χ3n) is 3.80. The molecule has 4 nitrogen and oxygen atoms in total. The number of carbonyl (C=O) groups is 1. The monoisotopic (exact) mass is 266 g/mol. The number of rotatable bonds is 2. The number of amides is 1. The van der Waals surface area contributed by atoms with E-state index >= 15 is 0 Å². The molecule has 1 saturated carbocycles.